The quantitative estimate of drug-likeness (QED) is 0.491. The van der Waals surface area contributed by atoms with E-state index in [2.05, 4.69) is 0 Å². The van der Waals surface area contributed by atoms with Crippen molar-refractivity contribution in [2.45, 2.75) is 25.3 Å². The highest BCUT2D eigenvalue weighted by Gasteiger charge is 2.41. The van der Waals surface area contributed by atoms with Gasteiger partial charge in [-0.05, 0) is 24.7 Å². The van der Waals surface area contributed by atoms with E-state index in [9.17, 15) is 22.0 Å². The molecule has 1 aliphatic heterocycles. The molecule has 1 heterocycles. The lowest BCUT2D eigenvalue weighted by Gasteiger charge is -2.29. The summed E-state index contributed by atoms with van der Waals surface area (Å²) in [6, 6.07) is -0.0879. The summed E-state index contributed by atoms with van der Waals surface area (Å²) >= 11 is 0. The second kappa shape index (κ2) is 5.12. The largest absolute Gasteiger partial charge is 0.366 e. The number of nitrogens with two attached hydrogens (primary N) is 1. The standard InChI is InChI=1S/C14H15F5N2/c15-9-10(16)12(18)14(13(19)11(9)17)21-4-6-2-1-3-8(20)7(6)5-21/h6-8H,1-5,20H2. The van der Waals surface area contributed by atoms with Gasteiger partial charge in [0.05, 0.1) is 0 Å². The summed E-state index contributed by atoms with van der Waals surface area (Å²) in [4.78, 5) is 1.25. The number of hydrogen-bond donors (Lipinski definition) is 1. The summed E-state index contributed by atoms with van der Waals surface area (Å²) in [6.07, 6.45) is 2.61. The van der Waals surface area contributed by atoms with Gasteiger partial charge in [-0.2, -0.15) is 0 Å². The second-order valence-corrected chi connectivity index (χ2v) is 5.84. The molecule has 1 saturated heterocycles. The highest BCUT2D eigenvalue weighted by Crippen LogP contribution is 2.40. The van der Waals surface area contributed by atoms with E-state index >= 15 is 0 Å². The smallest absolute Gasteiger partial charge is 0.200 e. The number of anilines is 1. The molecule has 0 amide bonds. The van der Waals surface area contributed by atoms with E-state index in [0.717, 1.165) is 19.3 Å². The monoisotopic (exact) mass is 306 g/mol. The summed E-state index contributed by atoms with van der Waals surface area (Å²) < 4.78 is 67.3. The van der Waals surface area contributed by atoms with Crippen LogP contribution >= 0.6 is 0 Å². The molecule has 0 aromatic heterocycles. The Kier molecular flexibility index (Phi) is 3.55. The number of rotatable bonds is 1. The minimum absolute atomic E-state index is 0.0359. The molecular formula is C14H15F5N2. The van der Waals surface area contributed by atoms with E-state index in [-0.39, 0.29) is 31.0 Å². The van der Waals surface area contributed by atoms with Gasteiger partial charge in [0.2, 0.25) is 5.82 Å². The van der Waals surface area contributed by atoms with E-state index in [1.54, 1.807) is 0 Å². The van der Waals surface area contributed by atoms with Gasteiger partial charge in [-0.25, -0.2) is 22.0 Å². The van der Waals surface area contributed by atoms with Gasteiger partial charge < -0.3 is 10.6 Å². The molecule has 2 fully saturated rings. The van der Waals surface area contributed by atoms with Crippen LogP contribution in [0.3, 0.4) is 0 Å². The zero-order valence-corrected chi connectivity index (χ0v) is 11.2. The van der Waals surface area contributed by atoms with Crippen molar-refractivity contribution < 1.29 is 22.0 Å². The molecule has 1 aromatic rings. The normalized spacial score (nSPS) is 28.9. The van der Waals surface area contributed by atoms with Crippen molar-refractivity contribution in [1.82, 2.24) is 0 Å². The maximum Gasteiger partial charge on any atom is 0.200 e. The topological polar surface area (TPSA) is 29.3 Å². The second-order valence-electron chi connectivity index (χ2n) is 5.84. The van der Waals surface area contributed by atoms with Crippen LogP contribution in [0.2, 0.25) is 0 Å². The van der Waals surface area contributed by atoms with Crippen LogP contribution in [0.15, 0.2) is 0 Å². The Hall–Kier alpha value is -1.37. The van der Waals surface area contributed by atoms with Crippen LogP contribution in [0, 0.1) is 40.9 Å². The molecule has 3 unspecified atom stereocenters. The summed E-state index contributed by atoms with van der Waals surface area (Å²) in [5.74, 6) is -9.28. The lowest BCUT2D eigenvalue weighted by Crippen LogP contribution is -2.38. The Morgan fingerprint density at radius 2 is 1.38 bits per heavy atom. The van der Waals surface area contributed by atoms with Crippen LogP contribution in [-0.4, -0.2) is 19.1 Å². The minimum Gasteiger partial charge on any atom is -0.366 e. The van der Waals surface area contributed by atoms with Crippen LogP contribution in [0.1, 0.15) is 19.3 Å². The highest BCUT2D eigenvalue weighted by atomic mass is 19.2. The molecule has 1 aromatic carbocycles. The van der Waals surface area contributed by atoms with E-state index < -0.39 is 34.8 Å². The van der Waals surface area contributed by atoms with E-state index in [4.69, 9.17) is 5.73 Å². The van der Waals surface area contributed by atoms with Crippen molar-refractivity contribution in [3.8, 4) is 0 Å². The average Bonchev–Trinajstić information content (AvgIpc) is 2.88. The van der Waals surface area contributed by atoms with E-state index in [1.807, 2.05) is 0 Å². The van der Waals surface area contributed by atoms with Gasteiger partial charge >= 0.3 is 0 Å². The average molecular weight is 306 g/mol. The van der Waals surface area contributed by atoms with Crippen molar-refractivity contribution in [3.63, 3.8) is 0 Å². The third-order valence-corrected chi connectivity index (χ3v) is 4.66. The molecule has 2 N–H and O–H groups in total. The fraction of sp³-hybridized carbons (Fsp3) is 0.571. The highest BCUT2D eigenvalue weighted by molar-refractivity contribution is 5.51. The molecule has 1 aliphatic carbocycles. The first-order valence-electron chi connectivity index (χ1n) is 6.93. The maximum absolute atomic E-state index is 13.8. The Balaban J connectivity index is 1.99. The first-order chi connectivity index (χ1) is 9.91. The van der Waals surface area contributed by atoms with Gasteiger partial charge in [0.15, 0.2) is 23.3 Å². The summed E-state index contributed by atoms with van der Waals surface area (Å²) in [5, 5.41) is 0. The predicted octanol–water partition coefficient (Wildman–Crippen LogP) is 2.95. The Bertz CT molecular complexity index is 548. The van der Waals surface area contributed by atoms with Crippen molar-refractivity contribution in [1.29, 1.82) is 0 Å². The lowest BCUT2D eigenvalue weighted by molar-refractivity contribution is 0.260. The third-order valence-electron chi connectivity index (χ3n) is 4.66. The number of nitrogens with zero attached hydrogens (tertiary/aromatic N) is 1. The number of fused-ring (bicyclic) bond motifs is 1. The van der Waals surface area contributed by atoms with Gasteiger partial charge in [-0.1, -0.05) is 6.42 Å². The minimum atomic E-state index is -2.12. The SMILES string of the molecule is NC1CCCC2CN(c3c(F)c(F)c(F)c(F)c3F)CC12. The molecule has 3 rings (SSSR count). The summed E-state index contributed by atoms with van der Waals surface area (Å²) in [7, 11) is 0. The number of hydrogen-bond acceptors (Lipinski definition) is 2. The van der Waals surface area contributed by atoms with Gasteiger partial charge in [0.25, 0.3) is 0 Å². The molecule has 0 bridgehead atoms. The lowest BCUT2D eigenvalue weighted by atomic mass is 9.78. The molecule has 3 atom stereocenters. The number of halogens is 5. The Labute approximate surface area is 118 Å². The fourth-order valence-corrected chi connectivity index (χ4v) is 3.57. The molecule has 2 aliphatic rings. The molecular weight excluding hydrogens is 291 g/mol. The maximum atomic E-state index is 13.8. The van der Waals surface area contributed by atoms with Crippen molar-refractivity contribution in [2.24, 2.45) is 17.6 Å². The van der Waals surface area contributed by atoms with Crippen molar-refractivity contribution in [3.05, 3.63) is 29.1 Å². The summed E-state index contributed by atoms with van der Waals surface area (Å²) in [5.41, 5.74) is 5.17. The molecule has 2 nitrogen and oxygen atoms in total. The van der Waals surface area contributed by atoms with Crippen LogP contribution in [0.5, 0.6) is 0 Å². The molecule has 116 valence electrons. The third kappa shape index (κ3) is 2.18. The van der Waals surface area contributed by atoms with Crippen molar-refractivity contribution in [2.75, 3.05) is 18.0 Å². The van der Waals surface area contributed by atoms with Crippen LogP contribution in [-0.2, 0) is 0 Å². The Morgan fingerprint density at radius 1 is 0.810 bits per heavy atom. The van der Waals surface area contributed by atoms with Gasteiger partial charge in [-0.3, -0.25) is 0 Å². The van der Waals surface area contributed by atoms with E-state index in [1.165, 1.54) is 4.90 Å². The molecule has 21 heavy (non-hydrogen) atoms. The Morgan fingerprint density at radius 3 is 1.95 bits per heavy atom. The molecule has 1 saturated carbocycles. The van der Waals surface area contributed by atoms with Crippen LogP contribution in [0.25, 0.3) is 0 Å². The zero-order valence-electron chi connectivity index (χ0n) is 11.2. The van der Waals surface area contributed by atoms with Gasteiger partial charge in [0, 0.05) is 19.1 Å². The molecule has 0 spiro atoms. The zero-order chi connectivity index (χ0) is 15.3. The molecule has 7 heteroatoms. The molecule has 0 radical (unpaired) electrons. The van der Waals surface area contributed by atoms with Gasteiger partial charge in [0.1, 0.15) is 5.69 Å². The van der Waals surface area contributed by atoms with E-state index in [0.29, 0.717) is 0 Å². The number of benzene rings is 1. The van der Waals surface area contributed by atoms with Crippen LogP contribution in [0.4, 0.5) is 27.6 Å². The first kappa shape index (κ1) is 14.6. The van der Waals surface area contributed by atoms with Gasteiger partial charge in [-0.15, -0.1) is 0 Å². The fourth-order valence-electron chi connectivity index (χ4n) is 3.57. The van der Waals surface area contributed by atoms with Crippen LogP contribution < -0.4 is 10.6 Å². The van der Waals surface area contributed by atoms with Crippen molar-refractivity contribution >= 4 is 5.69 Å². The summed E-state index contributed by atoms with van der Waals surface area (Å²) in [6.45, 7) is 0.501. The first-order valence-corrected chi connectivity index (χ1v) is 6.93. The predicted molar refractivity (Wildman–Crippen MR) is 67.3 cm³/mol.